The van der Waals surface area contributed by atoms with E-state index in [0.717, 1.165) is 14.8 Å². The summed E-state index contributed by atoms with van der Waals surface area (Å²) in [6, 6.07) is 19.1. The van der Waals surface area contributed by atoms with Crippen molar-refractivity contribution in [3.8, 4) is 11.3 Å². The van der Waals surface area contributed by atoms with Crippen LogP contribution in [0.5, 0.6) is 0 Å². The monoisotopic (exact) mass is 484 g/mol. The van der Waals surface area contributed by atoms with Crippen molar-refractivity contribution in [2.24, 2.45) is 5.73 Å². The minimum Gasteiger partial charge on any atom is -0.322 e. The number of halogens is 3. The molecule has 0 aliphatic heterocycles. The Labute approximate surface area is 198 Å². The molecule has 3 aromatic carbocycles. The van der Waals surface area contributed by atoms with Crippen LogP contribution in [0.4, 0.5) is 4.39 Å². The van der Waals surface area contributed by atoms with Gasteiger partial charge in [-0.1, -0.05) is 71.7 Å². The highest BCUT2D eigenvalue weighted by atomic mass is 35.5. The first kappa shape index (κ1) is 22.9. The van der Waals surface area contributed by atoms with Crippen LogP contribution >= 0.6 is 23.2 Å². The minimum absolute atomic E-state index is 0.0245. The van der Waals surface area contributed by atoms with Gasteiger partial charge >= 0.3 is 5.69 Å². The van der Waals surface area contributed by atoms with Gasteiger partial charge in [-0.15, -0.1) is 0 Å². The Hall–Kier alpha value is -3.26. The van der Waals surface area contributed by atoms with E-state index in [0.29, 0.717) is 15.6 Å². The summed E-state index contributed by atoms with van der Waals surface area (Å²) in [6.45, 7) is -0.235. The van der Waals surface area contributed by atoms with Crippen LogP contribution in [-0.4, -0.2) is 14.3 Å². The normalized spacial score (nSPS) is 12.0. The lowest BCUT2D eigenvalue weighted by Gasteiger charge is -2.17. The van der Waals surface area contributed by atoms with E-state index in [1.165, 1.54) is 18.2 Å². The second-order valence-corrected chi connectivity index (χ2v) is 8.22. The third-order valence-electron chi connectivity index (χ3n) is 5.23. The van der Waals surface area contributed by atoms with Gasteiger partial charge in [0.2, 0.25) is 0 Å². The lowest BCUT2D eigenvalue weighted by molar-refractivity contribution is 0.483. The molecule has 0 bridgehead atoms. The fraction of sp³-hybridized carbons (Fsp3) is 0.125. The van der Waals surface area contributed by atoms with Crippen LogP contribution < -0.4 is 17.0 Å². The molecular formula is C24H19Cl2FN4O2. The highest BCUT2D eigenvalue weighted by Gasteiger charge is 2.20. The molecule has 0 amide bonds. The van der Waals surface area contributed by atoms with Gasteiger partial charge in [0.1, 0.15) is 5.82 Å². The summed E-state index contributed by atoms with van der Waals surface area (Å²) in [5.74, 6) is -0.637. The Morgan fingerprint density at radius 1 is 0.909 bits per heavy atom. The Balaban J connectivity index is 1.89. The molecular weight excluding hydrogens is 466 g/mol. The maximum Gasteiger partial charge on any atom is 0.347 e. The number of nitrogens with zero attached hydrogens (tertiary/aromatic N) is 3. The highest BCUT2D eigenvalue weighted by Crippen LogP contribution is 2.25. The topological polar surface area (TPSA) is 82.9 Å². The molecule has 1 aromatic heterocycles. The quantitative estimate of drug-likeness (QED) is 0.443. The van der Waals surface area contributed by atoms with Gasteiger partial charge in [0, 0.05) is 27.2 Å². The molecule has 9 heteroatoms. The van der Waals surface area contributed by atoms with Gasteiger partial charge in [-0.2, -0.15) is 5.10 Å². The molecule has 168 valence electrons. The Morgan fingerprint density at radius 2 is 1.55 bits per heavy atom. The molecule has 0 saturated heterocycles. The molecule has 1 heterocycles. The smallest absolute Gasteiger partial charge is 0.322 e. The molecule has 0 spiro atoms. The molecule has 0 saturated carbocycles. The minimum atomic E-state index is -0.738. The maximum absolute atomic E-state index is 14.6. The number of hydrogen-bond acceptors (Lipinski definition) is 4. The van der Waals surface area contributed by atoms with Crippen molar-refractivity contribution in [1.82, 2.24) is 14.3 Å². The van der Waals surface area contributed by atoms with Gasteiger partial charge in [-0.3, -0.25) is 9.36 Å². The number of hydrogen-bond donors (Lipinski definition) is 1. The lowest BCUT2D eigenvalue weighted by atomic mass is 10.1. The van der Waals surface area contributed by atoms with Crippen molar-refractivity contribution < 1.29 is 4.39 Å². The number of aromatic nitrogens is 3. The molecule has 0 aliphatic rings. The van der Waals surface area contributed by atoms with Gasteiger partial charge < -0.3 is 5.73 Å². The van der Waals surface area contributed by atoms with E-state index in [1.54, 1.807) is 36.4 Å². The van der Waals surface area contributed by atoms with Crippen LogP contribution in [0.3, 0.4) is 0 Å². The van der Waals surface area contributed by atoms with Gasteiger partial charge in [-0.05, 0) is 29.8 Å². The predicted molar refractivity (Wildman–Crippen MR) is 127 cm³/mol. The van der Waals surface area contributed by atoms with Crippen molar-refractivity contribution in [1.29, 1.82) is 0 Å². The molecule has 33 heavy (non-hydrogen) atoms. The second kappa shape index (κ2) is 9.70. The van der Waals surface area contributed by atoms with Crippen molar-refractivity contribution in [2.75, 3.05) is 0 Å². The molecule has 1 atom stereocenters. The van der Waals surface area contributed by atoms with Crippen LogP contribution in [0.25, 0.3) is 11.3 Å². The zero-order valence-electron chi connectivity index (χ0n) is 17.3. The molecule has 0 aliphatic carbocycles. The number of nitrogens with two attached hydrogens (primary N) is 1. The van der Waals surface area contributed by atoms with Crippen LogP contribution in [-0.2, 0) is 13.1 Å². The van der Waals surface area contributed by atoms with E-state index in [-0.39, 0.29) is 24.3 Å². The number of rotatable bonds is 6. The van der Waals surface area contributed by atoms with E-state index in [2.05, 4.69) is 5.10 Å². The summed E-state index contributed by atoms with van der Waals surface area (Å²) >= 11 is 12.5. The average Bonchev–Trinajstić information content (AvgIpc) is 2.81. The summed E-state index contributed by atoms with van der Waals surface area (Å²) in [5.41, 5.74) is 5.80. The fourth-order valence-electron chi connectivity index (χ4n) is 3.48. The third-order valence-corrected chi connectivity index (χ3v) is 5.93. The van der Waals surface area contributed by atoms with Gasteiger partial charge in [0.25, 0.3) is 5.56 Å². The van der Waals surface area contributed by atoms with Crippen molar-refractivity contribution in [3.05, 3.63) is 121 Å². The average molecular weight is 485 g/mol. The molecule has 2 N–H and O–H groups in total. The molecule has 1 unspecified atom stereocenters. The van der Waals surface area contributed by atoms with Gasteiger partial charge in [0.05, 0.1) is 13.1 Å². The third kappa shape index (κ3) is 4.75. The molecule has 4 aromatic rings. The van der Waals surface area contributed by atoms with Crippen molar-refractivity contribution in [3.63, 3.8) is 0 Å². The van der Waals surface area contributed by atoms with Crippen LogP contribution in [0.15, 0.2) is 82.4 Å². The Bertz CT molecular complexity index is 1400. The van der Waals surface area contributed by atoms with E-state index >= 15 is 0 Å². The van der Waals surface area contributed by atoms with Crippen molar-refractivity contribution >= 4 is 23.2 Å². The first-order valence-corrected chi connectivity index (χ1v) is 10.8. The van der Waals surface area contributed by atoms with Crippen LogP contribution in [0, 0.1) is 5.82 Å². The zero-order valence-corrected chi connectivity index (χ0v) is 18.8. The second-order valence-electron chi connectivity index (χ2n) is 7.40. The van der Waals surface area contributed by atoms with Crippen LogP contribution in [0.1, 0.15) is 17.2 Å². The summed E-state index contributed by atoms with van der Waals surface area (Å²) in [4.78, 5) is 26.5. The molecule has 0 radical (unpaired) electrons. The Morgan fingerprint density at radius 3 is 2.21 bits per heavy atom. The highest BCUT2D eigenvalue weighted by molar-refractivity contribution is 6.35. The van der Waals surface area contributed by atoms with Gasteiger partial charge in [-0.25, -0.2) is 13.9 Å². The number of benzene rings is 3. The SMILES string of the molecule is NC(Cn1c(=O)c(-c2ccccc2F)nn(Cc2c(Cl)cccc2Cl)c1=O)c1ccccc1. The van der Waals surface area contributed by atoms with E-state index in [9.17, 15) is 14.0 Å². The summed E-state index contributed by atoms with van der Waals surface area (Å²) in [5, 5.41) is 4.86. The summed E-state index contributed by atoms with van der Waals surface area (Å²) in [7, 11) is 0. The molecule has 6 nitrogen and oxygen atoms in total. The summed E-state index contributed by atoms with van der Waals surface area (Å²) < 4.78 is 16.6. The molecule has 0 fully saturated rings. The first-order valence-electron chi connectivity index (χ1n) is 10.1. The zero-order chi connectivity index (χ0) is 23.5. The maximum atomic E-state index is 14.6. The van der Waals surface area contributed by atoms with Crippen LogP contribution in [0.2, 0.25) is 10.0 Å². The largest absolute Gasteiger partial charge is 0.347 e. The standard InChI is InChI=1S/C24H19Cl2FN4O2/c25-18-10-6-11-19(26)17(18)13-31-24(33)30(14-21(28)15-7-2-1-3-8-15)23(32)22(29-31)16-9-4-5-12-20(16)27/h1-12,21H,13-14,28H2. The van der Waals surface area contributed by atoms with E-state index < -0.39 is 23.1 Å². The van der Waals surface area contributed by atoms with Crippen molar-refractivity contribution in [2.45, 2.75) is 19.1 Å². The van der Waals surface area contributed by atoms with Gasteiger partial charge in [0.15, 0.2) is 5.69 Å². The van der Waals surface area contributed by atoms with E-state index in [4.69, 9.17) is 28.9 Å². The Kier molecular flexibility index (Phi) is 6.74. The summed E-state index contributed by atoms with van der Waals surface area (Å²) in [6.07, 6.45) is 0. The van der Waals surface area contributed by atoms with E-state index in [1.807, 2.05) is 18.2 Å². The fourth-order valence-corrected chi connectivity index (χ4v) is 4.00. The lowest BCUT2D eigenvalue weighted by Crippen LogP contribution is -2.44. The predicted octanol–water partition coefficient (Wildman–Crippen LogP) is 4.27. The first-order chi connectivity index (χ1) is 15.9. The molecule has 4 rings (SSSR count).